The summed E-state index contributed by atoms with van der Waals surface area (Å²) >= 11 is 12.3. The van der Waals surface area contributed by atoms with E-state index in [1.54, 1.807) is 0 Å². The molecule has 1 aliphatic heterocycles. The first-order chi connectivity index (χ1) is 8.97. The maximum Gasteiger partial charge on any atom is 0.307 e. The van der Waals surface area contributed by atoms with Crippen molar-refractivity contribution in [2.45, 2.75) is 19.9 Å². The van der Waals surface area contributed by atoms with Crippen LogP contribution in [0, 0.1) is 11.8 Å². The molecule has 19 heavy (non-hydrogen) atoms. The van der Waals surface area contributed by atoms with Gasteiger partial charge in [-0.1, -0.05) is 36.2 Å². The van der Waals surface area contributed by atoms with Crippen molar-refractivity contribution < 1.29 is 9.90 Å². The number of piperidine rings is 1. The average molecular weight is 302 g/mol. The van der Waals surface area contributed by atoms with Crippen LogP contribution in [0.1, 0.15) is 18.9 Å². The van der Waals surface area contributed by atoms with Gasteiger partial charge in [-0.3, -0.25) is 9.69 Å². The number of carboxylic acids is 1. The topological polar surface area (TPSA) is 40.5 Å². The predicted octanol–water partition coefficient (Wildman–Crippen LogP) is 3.54. The summed E-state index contributed by atoms with van der Waals surface area (Å²) in [7, 11) is 0. The van der Waals surface area contributed by atoms with Crippen LogP contribution in [0.25, 0.3) is 0 Å². The van der Waals surface area contributed by atoms with Crippen molar-refractivity contribution >= 4 is 29.2 Å². The number of likely N-dealkylation sites (tertiary alicyclic amines) is 1. The second-order valence-corrected chi connectivity index (χ2v) is 6.08. The first-order valence-electron chi connectivity index (χ1n) is 6.35. The molecule has 0 spiro atoms. The fourth-order valence-electron chi connectivity index (χ4n) is 2.68. The Morgan fingerprint density at radius 3 is 2.58 bits per heavy atom. The third kappa shape index (κ3) is 3.62. The van der Waals surface area contributed by atoms with E-state index in [0.717, 1.165) is 18.5 Å². The smallest absolute Gasteiger partial charge is 0.307 e. The lowest BCUT2D eigenvalue weighted by Crippen LogP contribution is -2.42. The summed E-state index contributed by atoms with van der Waals surface area (Å²) in [6, 6.07) is 5.43. The highest BCUT2D eigenvalue weighted by molar-refractivity contribution is 6.35. The summed E-state index contributed by atoms with van der Waals surface area (Å²) in [6.07, 6.45) is 0.738. The Balaban J connectivity index is 2.12. The summed E-state index contributed by atoms with van der Waals surface area (Å²) in [6.45, 7) is 4.12. The lowest BCUT2D eigenvalue weighted by atomic mass is 9.90. The SMILES string of the molecule is CC1CC(C(=O)O)CN(Cc2c(Cl)cccc2Cl)C1. The lowest BCUT2D eigenvalue weighted by molar-refractivity contribution is -0.144. The van der Waals surface area contributed by atoms with E-state index in [-0.39, 0.29) is 5.92 Å². The number of hydrogen-bond donors (Lipinski definition) is 1. The number of nitrogens with zero attached hydrogens (tertiary/aromatic N) is 1. The molecule has 0 bridgehead atoms. The van der Waals surface area contributed by atoms with Gasteiger partial charge in [0.05, 0.1) is 5.92 Å². The van der Waals surface area contributed by atoms with Crippen molar-refractivity contribution in [3.8, 4) is 0 Å². The van der Waals surface area contributed by atoms with Crippen LogP contribution in [-0.2, 0) is 11.3 Å². The second-order valence-electron chi connectivity index (χ2n) is 5.27. The molecule has 1 N–H and O–H groups in total. The van der Waals surface area contributed by atoms with E-state index in [1.807, 2.05) is 18.2 Å². The molecular formula is C14H17Cl2NO2. The van der Waals surface area contributed by atoms with Crippen molar-refractivity contribution in [2.75, 3.05) is 13.1 Å². The molecule has 1 heterocycles. The van der Waals surface area contributed by atoms with Crippen LogP contribution in [0.5, 0.6) is 0 Å². The summed E-state index contributed by atoms with van der Waals surface area (Å²) in [5.74, 6) is -0.650. The van der Waals surface area contributed by atoms with E-state index in [9.17, 15) is 9.90 Å². The van der Waals surface area contributed by atoms with Gasteiger partial charge >= 0.3 is 5.97 Å². The van der Waals surface area contributed by atoms with Crippen molar-refractivity contribution in [3.05, 3.63) is 33.8 Å². The van der Waals surface area contributed by atoms with E-state index in [2.05, 4.69) is 11.8 Å². The first-order valence-corrected chi connectivity index (χ1v) is 7.11. The third-order valence-electron chi connectivity index (χ3n) is 3.53. The van der Waals surface area contributed by atoms with Gasteiger partial charge in [0, 0.05) is 35.2 Å². The molecule has 2 unspecified atom stereocenters. The van der Waals surface area contributed by atoms with Gasteiger partial charge in [0.15, 0.2) is 0 Å². The standard InChI is InChI=1S/C14H17Cl2NO2/c1-9-5-10(14(18)19)7-17(6-9)8-11-12(15)3-2-4-13(11)16/h2-4,9-10H,5-8H2,1H3,(H,18,19). The molecule has 1 fully saturated rings. The molecule has 1 aliphatic rings. The van der Waals surface area contributed by atoms with Crippen LogP contribution in [0.2, 0.25) is 10.0 Å². The predicted molar refractivity (Wildman–Crippen MR) is 76.6 cm³/mol. The average Bonchev–Trinajstić information content (AvgIpc) is 2.33. The highest BCUT2D eigenvalue weighted by Crippen LogP contribution is 2.29. The maximum atomic E-state index is 11.2. The van der Waals surface area contributed by atoms with E-state index < -0.39 is 5.97 Å². The Kier molecular flexibility index (Phi) is 4.71. The molecule has 0 saturated carbocycles. The van der Waals surface area contributed by atoms with Crippen molar-refractivity contribution in [2.24, 2.45) is 11.8 Å². The Bertz CT molecular complexity index is 458. The lowest BCUT2D eigenvalue weighted by Gasteiger charge is -2.34. The van der Waals surface area contributed by atoms with Crippen LogP contribution in [-0.4, -0.2) is 29.1 Å². The van der Waals surface area contributed by atoms with Gasteiger partial charge in [-0.05, 0) is 24.5 Å². The Hall–Kier alpha value is -0.770. The zero-order chi connectivity index (χ0) is 14.0. The first kappa shape index (κ1) is 14.6. The van der Waals surface area contributed by atoms with Crippen LogP contribution in [0.3, 0.4) is 0 Å². The zero-order valence-corrected chi connectivity index (χ0v) is 12.3. The van der Waals surface area contributed by atoms with Crippen molar-refractivity contribution in [1.82, 2.24) is 4.90 Å². The number of carboxylic acid groups (broad SMARTS) is 1. The number of halogens is 2. The summed E-state index contributed by atoms with van der Waals surface area (Å²) < 4.78 is 0. The number of benzene rings is 1. The normalized spacial score (nSPS) is 24.4. The molecular weight excluding hydrogens is 285 g/mol. The van der Waals surface area contributed by atoms with E-state index in [0.29, 0.717) is 29.1 Å². The Labute approximate surface area is 123 Å². The van der Waals surface area contributed by atoms with Gasteiger partial charge in [0.1, 0.15) is 0 Å². The van der Waals surface area contributed by atoms with Gasteiger partial charge in [-0.25, -0.2) is 0 Å². The quantitative estimate of drug-likeness (QED) is 0.928. The van der Waals surface area contributed by atoms with E-state index >= 15 is 0 Å². The van der Waals surface area contributed by atoms with Gasteiger partial charge in [-0.15, -0.1) is 0 Å². The Morgan fingerprint density at radius 1 is 1.37 bits per heavy atom. The minimum atomic E-state index is -0.721. The fraction of sp³-hybridized carbons (Fsp3) is 0.500. The van der Waals surface area contributed by atoms with Gasteiger partial charge in [0.2, 0.25) is 0 Å². The molecule has 0 aromatic heterocycles. The molecule has 2 atom stereocenters. The summed E-state index contributed by atoms with van der Waals surface area (Å²) in [5, 5.41) is 10.4. The van der Waals surface area contributed by atoms with E-state index in [4.69, 9.17) is 23.2 Å². The largest absolute Gasteiger partial charge is 0.481 e. The van der Waals surface area contributed by atoms with Crippen LogP contribution < -0.4 is 0 Å². The fourth-order valence-corrected chi connectivity index (χ4v) is 3.19. The van der Waals surface area contributed by atoms with Crippen LogP contribution in [0.4, 0.5) is 0 Å². The zero-order valence-electron chi connectivity index (χ0n) is 10.8. The maximum absolute atomic E-state index is 11.2. The number of rotatable bonds is 3. The molecule has 2 rings (SSSR count). The third-order valence-corrected chi connectivity index (χ3v) is 4.24. The van der Waals surface area contributed by atoms with Crippen molar-refractivity contribution in [1.29, 1.82) is 0 Å². The molecule has 0 radical (unpaired) electrons. The molecule has 3 nitrogen and oxygen atoms in total. The van der Waals surface area contributed by atoms with Crippen LogP contribution >= 0.6 is 23.2 Å². The molecule has 0 amide bonds. The molecule has 1 aromatic rings. The Morgan fingerprint density at radius 2 is 2.00 bits per heavy atom. The molecule has 5 heteroatoms. The number of aliphatic carboxylic acids is 1. The van der Waals surface area contributed by atoms with Crippen LogP contribution in [0.15, 0.2) is 18.2 Å². The van der Waals surface area contributed by atoms with Crippen molar-refractivity contribution in [3.63, 3.8) is 0 Å². The summed E-state index contributed by atoms with van der Waals surface area (Å²) in [5.41, 5.74) is 0.879. The minimum Gasteiger partial charge on any atom is -0.481 e. The van der Waals surface area contributed by atoms with Gasteiger partial charge in [0.25, 0.3) is 0 Å². The highest BCUT2D eigenvalue weighted by Gasteiger charge is 2.29. The number of hydrogen-bond acceptors (Lipinski definition) is 2. The van der Waals surface area contributed by atoms with Gasteiger partial charge < -0.3 is 5.11 Å². The second kappa shape index (κ2) is 6.12. The van der Waals surface area contributed by atoms with Gasteiger partial charge in [-0.2, -0.15) is 0 Å². The molecule has 1 saturated heterocycles. The number of carbonyl (C=O) groups is 1. The molecule has 0 aliphatic carbocycles. The summed E-state index contributed by atoms with van der Waals surface area (Å²) in [4.78, 5) is 13.3. The molecule has 104 valence electrons. The molecule has 1 aromatic carbocycles. The highest BCUT2D eigenvalue weighted by atomic mass is 35.5. The monoisotopic (exact) mass is 301 g/mol. The minimum absolute atomic E-state index is 0.301. The van der Waals surface area contributed by atoms with E-state index in [1.165, 1.54) is 0 Å².